The van der Waals surface area contributed by atoms with Crippen LogP contribution in [0.5, 0.6) is 0 Å². The molecule has 0 aromatic carbocycles. The van der Waals surface area contributed by atoms with Gasteiger partial charge >= 0.3 is 0 Å². The lowest BCUT2D eigenvalue weighted by atomic mass is 10.0. The van der Waals surface area contributed by atoms with E-state index in [1.54, 1.807) is 0 Å². The van der Waals surface area contributed by atoms with Crippen molar-refractivity contribution in [3.05, 3.63) is 0 Å². The molecule has 2 atom stereocenters. The minimum atomic E-state index is 0.312. The van der Waals surface area contributed by atoms with Crippen LogP contribution >= 0.6 is 0 Å². The molecule has 0 aromatic rings. The second-order valence-electron chi connectivity index (χ2n) is 4.69. The van der Waals surface area contributed by atoms with Gasteiger partial charge in [0.05, 0.1) is 6.61 Å². The van der Waals surface area contributed by atoms with Crippen LogP contribution in [-0.2, 0) is 4.74 Å². The number of rotatable bonds is 8. The molecule has 0 spiro atoms. The Bertz CT molecular complexity index is 151. The minimum absolute atomic E-state index is 0.312. The van der Waals surface area contributed by atoms with E-state index in [1.807, 2.05) is 6.92 Å². The quantitative estimate of drug-likeness (QED) is 0.671. The monoisotopic (exact) mass is 216 g/mol. The molecule has 0 aliphatic carbocycles. The smallest absolute Gasteiger partial charge is 0.0618 e. The van der Waals surface area contributed by atoms with Gasteiger partial charge in [-0.15, -0.1) is 0 Å². The van der Waals surface area contributed by atoms with Crippen LogP contribution in [0.2, 0.25) is 0 Å². The summed E-state index contributed by atoms with van der Waals surface area (Å²) in [6, 6.07) is 0.788. The highest BCUT2D eigenvalue weighted by Crippen LogP contribution is 2.05. The largest absolute Gasteiger partial charge is 0.380 e. The Hall–Kier alpha value is -0.120. The summed E-state index contributed by atoms with van der Waals surface area (Å²) in [4.78, 5) is 2.32. The molecule has 0 fully saturated rings. The average Bonchev–Trinajstić information content (AvgIpc) is 2.21. The summed E-state index contributed by atoms with van der Waals surface area (Å²) in [6.45, 7) is 11.2. The van der Waals surface area contributed by atoms with Gasteiger partial charge in [-0.2, -0.15) is 0 Å². The fraction of sp³-hybridized carbons (Fsp3) is 1.00. The molecule has 0 radical (unpaired) electrons. The molecule has 0 saturated heterocycles. The van der Waals surface area contributed by atoms with Crippen LogP contribution in [0.3, 0.4) is 0 Å². The molecule has 0 amide bonds. The Morgan fingerprint density at radius 2 is 1.87 bits per heavy atom. The van der Waals surface area contributed by atoms with E-state index in [0.717, 1.165) is 26.2 Å². The molecule has 0 bridgehead atoms. The lowest BCUT2D eigenvalue weighted by Crippen LogP contribution is -2.37. The molecule has 0 rings (SSSR count). The maximum atomic E-state index is 6.01. The molecule has 92 valence electrons. The predicted molar refractivity (Wildman–Crippen MR) is 66.0 cm³/mol. The fourth-order valence-electron chi connectivity index (χ4n) is 1.32. The third-order valence-corrected chi connectivity index (χ3v) is 2.99. The molecule has 0 aliphatic heterocycles. The third kappa shape index (κ3) is 6.88. The van der Waals surface area contributed by atoms with Gasteiger partial charge in [-0.3, -0.25) is 0 Å². The Morgan fingerprint density at radius 1 is 1.27 bits per heavy atom. The summed E-state index contributed by atoms with van der Waals surface area (Å²) >= 11 is 0. The van der Waals surface area contributed by atoms with E-state index in [4.69, 9.17) is 10.5 Å². The highest BCUT2D eigenvalue weighted by atomic mass is 16.5. The van der Waals surface area contributed by atoms with Crippen molar-refractivity contribution in [1.29, 1.82) is 0 Å². The topological polar surface area (TPSA) is 38.5 Å². The fourth-order valence-corrected chi connectivity index (χ4v) is 1.32. The number of hydrogen-bond donors (Lipinski definition) is 1. The third-order valence-electron chi connectivity index (χ3n) is 2.99. The zero-order valence-corrected chi connectivity index (χ0v) is 11.0. The summed E-state index contributed by atoms with van der Waals surface area (Å²) in [5, 5.41) is 0. The van der Waals surface area contributed by atoms with Gasteiger partial charge < -0.3 is 15.4 Å². The van der Waals surface area contributed by atoms with Crippen LogP contribution in [0.1, 0.15) is 34.1 Å². The molecule has 3 nitrogen and oxygen atoms in total. The molecule has 2 N–H and O–H groups in total. The Morgan fingerprint density at radius 3 is 2.33 bits per heavy atom. The SMILES string of the molecule is CCOCC(C)N(C)CCC(N)C(C)C. The van der Waals surface area contributed by atoms with E-state index in [9.17, 15) is 0 Å². The van der Waals surface area contributed by atoms with Gasteiger partial charge in [0.1, 0.15) is 0 Å². The van der Waals surface area contributed by atoms with Gasteiger partial charge in [-0.1, -0.05) is 13.8 Å². The summed E-state index contributed by atoms with van der Waals surface area (Å²) in [5.41, 5.74) is 6.01. The Kier molecular flexibility index (Phi) is 8.02. The highest BCUT2D eigenvalue weighted by Gasteiger charge is 2.12. The van der Waals surface area contributed by atoms with Crippen molar-refractivity contribution in [2.45, 2.75) is 46.2 Å². The van der Waals surface area contributed by atoms with Gasteiger partial charge in [0.15, 0.2) is 0 Å². The van der Waals surface area contributed by atoms with Crippen molar-refractivity contribution in [2.75, 3.05) is 26.8 Å². The zero-order chi connectivity index (χ0) is 11.8. The second kappa shape index (κ2) is 8.08. The van der Waals surface area contributed by atoms with E-state index in [-0.39, 0.29) is 0 Å². The van der Waals surface area contributed by atoms with Crippen molar-refractivity contribution < 1.29 is 4.74 Å². The van der Waals surface area contributed by atoms with Crippen LogP contribution < -0.4 is 5.73 Å². The normalized spacial score (nSPS) is 16.0. The van der Waals surface area contributed by atoms with Crippen LogP contribution in [0.15, 0.2) is 0 Å². The van der Waals surface area contributed by atoms with Crippen molar-refractivity contribution in [3.63, 3.8) is 0 Å². The second-order valence-corrected chi connectivity index (χ2v) is 4.69. The maximum absolute atomic E-state index is 6.01. The molecule has 3 heteroatoms. The number of nitrogens with zero attached hydrogens (tertiary/aromatic N) is 1. The van der Waals surface area contributed by atoms with E-state index in [2.05, 4.69) is 32.7 Å². The van der Waals surface area contributed by atoms with Crippen molar-refractivity contribution in [2.24, 2.45) is 11.7 Å². The standard InChI is InChI=1S/C12H28N2O/c1-6-15-9-11(4)14(5)8-7-12(13)10(2)3/h10-12H,6-9,13H2,1-5H3. The summed E-state index contributed by atoms with van der Waals surface area (Å²) in [7, 11) is 2.14. The molecule has 2 unspecified atom stereocenters. The summed E-state index contributed by atoms with van der Waals surface area (Å²) < 4.78 is 5.40. The first kappa shape index (κ1) is 14.9. The first-order valence-corrected chi connectivity index (χ1v) is 6.02. The van der Waals surface area contributed by atoms with E-state index in [1.165, 1.54) is 0 Å². The minimum Gasteiger partial charge on any atom is -0.380 e. The van der Waals surface area contributed by atoms with E-state index < -0.39 is 0 Å². The number of hydrogen-bond acceptors (Lipinski definition) is 3. The van der Waals surface area contributed by atoms with Crippen LogP contribution in [0, 0.1) is 5.92 Å². The van der Waals surface area contributed by atoms with Crippen LogP contribution in [-0.4, -0.2) is 43.8 Å². The Labute approximate surface area is 95.0 Å². The molecular formula is C12H28N2O. The number of nitrogens with two attached hydrogens (primary N) is 1. The van der Waals surface area contributed by atoms with Gasteiger partial charge in [-0.05, 0) is 39.8 Å². The molecule has 0 heterocycles. The van der Waals surface area contributed by atoms with Crippen LogP contribution in [0.25, 0.3) is 0 Å². The van der Waals surface area contributed by atoms with E-state index in [0.29, 0.717) is 18.0 Å². The van der Waals surface area contributed by atoms with E-state index >= 15 is 0 Å². The van der Waals surface area contributed by atoms with Crippen molar-refractivity contribution in [1.82, 2.24) is 4.90 Å². The molecule has 0 aromatic heterocycles. The molecule has 0 aliphatic rings. The van der Waals surface area contributed by atoms with Gasteiger partial charge in [0.2, 0.25) is 0 Å². The lowest BCUT2D eigenvalue weighted by Gasteiger charge is -2.26. The lowest BCUT2D eigenvalue weighted by molar-refractivity contribution is 0.0834. The predicted octanol–water partition coefficient (Wildman–Crippen LogP) is 1.72. The van der Waals surface area contributed by atoms with Gasteiger partial charge in [-0.25, -0.2) is 0 Å². The average molecular weight is 216 g/mol. The highest BCUT2D eigenvalue weighted by molar-refractivity contribution is 4.69. The van der Waals surface area contributed by atoms with Crippen molar-refractivity contribution in [3.8, 4) is 0 Å². The maximum Gasteiger partial charge on any atom is 0.0618 e. The van der Waals surface area contributed by atoms with Gasteiger partial charge in [0, 0.05) is 18.7 Å². The molecule has 0 saturated carbocycles. The molecule has 15 heavy (non-hydrogen) atoms. The first-order valence-electron chi connectivity index (χ1n) is 6.02. The summed E-state index contributed by atoms with van der Waals surface area (Å²) in [6.07, 6.45) is 1.06. The number of ether oxygens (including phenoxy) is 1. The van der Waals surface area contributed by atoms with Crippen molar-refractivity contribution >= 4 is 0 Å². The summed E-state index contributed by atoms with van der Waals surface area (Å²) in [5.74, 6) is 0.570. The zero-order valence-electron chi connectivity index (χ0n) is 11.0. The van der Waals surface area contributed by atoms with Crippen LogP contribution in [0.4, 0.5) is 0 Å². The molecular weight excluding hydrogens is 188 g/mol. The first-order chi connectivity index (χ1) is 6.99. The van der Waals surface area contributed by atoms with Gasteiger partial charge in [0.25, 0.3) is 0 Å². The Balaban J connectivity index is 3.67. The number of likely N-dealkylation sites (N-methyl/N-ethyl adjacent to an activating group) is 1.